The first-order valence-corrected chi connectivity index (χ1v) is 18.9. The molecule has 10 nitrogen and oxygen atoms in total. The van der Waals surface area contributed by atoms with Gasteiger partial charge in [-0.15, -0.1) is 5.10 Å². The number of allylic oxidation sites excluding steroid dienone is 1. The minimum Gasteiger partial charge on any atom is -0.490 e. The van der Waals surface area contributed by atoms with Crippen LogP contribution >= 0.6 is 11.6 Å². The SMILES string of the molecule is CO[C@]1(Cn2ccnn2)/C=C\C[C@H](C)[C@@H](C)S(=O)(=O)NC(=O)c2ccc3c(c2)N(C[C@@H]2CC[C@H]21)C[C@@]1(CCCc2cc(Cl)ccc21)CO3. The van der Waals surface area contributed by atoms with E-state index in [-0.39, 0.29) is 28.7 Å². The summed E-state index contributed by atoms with van der Waals surface area (Å²) in [6, 6.07) is 11.5. The number of amides is 1. The van der Waals surface area contributed by atoms with Crippen molar-refractivity contribution < 1.29 is 22.7 Å². The summed E-state index contributed by atoms with van der Waals surface area (Å²) in [7, 11) is -2.21. The predicted octanol–water partition coefficient (Wildman–Crippen LogP) is 5.56. The lowest BCUT2D eigenvalue weighted by molar-refractivity contribution is -0.0869. The number of carbonyl (C=O) groups excluding carboxylic acids is 1. The number of aryl methyl sites for hydroxylation is 1. The topological polar surface area (TPSA) is 116 Å². The van der Waals surface area contributed by atoms with Crippen LogP contribution in [0, 0.1) is 17.8 Å². The van der Waals surface area contributed by atoms with Gasteiger partial charge in [-0.25, -0.2) is 17.8 Å². The smallest absolute Gasteiger partial charge is 0.264 e. The Morgan fingerprint density at radius 2 is 2.02 bits per heavy atom. The maximum Gasteiger partial charge on any atom is 0.264 e. The molecule has 2 aromatic carbocycles. The van der Waals surface area contributed by atoms with Crippen LogP contribution in [0.1, 0.15) is 67.4 Å². The highest BCUT2D eigenvalue weighted by Gasteiger charge is 2.49. The molecule has 0 unspecified atom stereocenters. The molecule has 48 heavy (non-hydrogen) atoms. The molecule has 3 heterocycles. The van der Waals surface area contributed by atoms with Crippen molar-refractivity contribution in [2.24, 2.45) is 17.8 Å². The zero-order chi connectivity index (χ0) is 33.7. The lowest BCUT2D eigenvalue weighted by atomic mass is 9.63. The Hall–Kier alpha value is -3.41. The number of benzene rings is 2. The fourth-order valence-electron chi connectivity index (χ4n) is 8.38. The van der Waals surface area contributed by atoms with E-state index in [9.17, 15) is 13.2 Å². The fourth-order valence-corrected chi connectivity index (χ4v) is 9.86. The number of aromatic nitrogens is 3. The second-order valence-electron chi connectivity index (χ2n) is 14.3. The number of nitrogens with one attached hydrogen (secondary N) is 1. The summed E-state index contributed by atoms with van der Waals surface area (Å²) >= 11 is 6.46. The Bertz CT molecular complexity index is 1820. The fraction of sp³-hybridized carbons (Fsp3) is 0.528. The summed E-state index contributed by atoms with van der Waals surface area (Å²) in [6.07, 6.45) is 13.1. The molecule has 4 aliphatic rings. The van der Waals surface area contributed by atoms with Crippen LogP contribution in [0.3, 0.4) is 0 Å². The van der Waals surface area contributed by atoms with Crippen LogP contribution in [0.4, 0.5) is 5.69 Å². The van der Waals surface area contributed by atoms with Gasteiger partial charge in [0, 0.05) is 42.4 Å². The number of ether oxygens (including phenoxy) is 2. The van der Waals surface area contributed by atoms with Crippen molar-refractivity contribution in [1.82, 2.24) is 19.7 Å². The van der Waals surface area contributed by atoms with E-state index in [1.165, 1.54) is 11.1 Å². The molecule has 1 spiro atoms. The van der Waals surface area contributed by atoms with Crippen molar-refractivity contribution in [1.29, 1.82) is 0 Å². The summed E-state index contributed by atoms with van der Waals surface area (Å²) in [5, 5.41) is 8.26. The van der Waals surface area contributed by atoms with E-state index >= 15 is 0 Å². The third kappa shape index (κ3) is 6.02. The van der Waals surface area contributed by atoms with Crippen LogP contribution in [0.15, 0.2) is 60.9 Å². The van der Waals surface area contributed by atoms with Crippen molar-refractivity contribution in [2.75, 3.05) is 31.7 Å². The number of nitrogens with zero attached hydrogens (tertiary/aromatic N) is 4. The van der Waals surface area contributed by atoms with E-state index in [1.807, 2.05) is 36.0 Å². The highest BCUT2D eigenvalue weighted by atomic mass is 35.5. The van der Waals surface area contributed by atoms with Gasteiger partial charge in [-0.3, -0.25) is 4.79 Å². The Morgan fingerprint density at radius 3 is 2.77 bits per heavy atom. The molecular weight excluding hydrogens is 650 g/mol. The summed E-state index contributed by atoms with van der Waals surface area (Å²) in [6.45, 7) is 5.94. The van der Waals surface area contributed by atoms with E-state index in [0.717, 1.165) is 49.4 Å². The Morgan fingerprint density at radius 1 is 1.17 bits per heavy atom. The highest BCUT2D eigenvalue weighted by molar-refractivity contribution is 7.90. The second-order valence-corrected chi connectivity index (χ2v) is 16.8. The molecular formula is C36H44ClN5O5S. The molecule has 2 aliphatic carbocycles. The van der Waals surface area contributed by atoms with Gasteiger partial charge >= 0.3 is 0 Å². The maximum absolute atomic E-state index is 13.5. The van der Waals surface area contributed by atoms with Crippen molar-refractivity contribution in [3.05, 3.63) is 82.7 Å². The van der Waals surface area contributed by atoms with Gasteiger partial charge < -0.3 is 14.4 Å². The standard InChI is InChI=1S/C36H44ClN5O5S/c1-24-6-4-15-36(46-3,22-42-17-16-38-40-42)31-11-8-28(31)20-41-21-35(14-5-7-26-18-29(37)10-12-30(26)35)23-47-33-13-9-27(19-32(33)41)34(43)39-48(44,45)25(24)2/h4,9-10,12-13,15-19,24-25,28,31H,5-8,11,14,20-23H2,1-3H3,(H,39,43)/b15-4-/t24-,25+,28-,31+,35-,36-/m0/s1. The summed E-state index contributed by atoms with van der Waals surface area (Å²) in [4.78, 5) is 15.9. The maximum atomic E-state index is 13.5. The number of anilines is 1. The third-order valence-corrected chi connectivity index (χ3v) is 13.6. The lowest BCUT2D eigenvalue weighted by Crippen LogP contribution is -2.54. The van der Waals surface area contributed by atoms with Gasteiger partial charge in [0.15, 0.2) is 0 Å². The van der Waals surface area contributed by atoms with Gasteiger partial charge in [0.2, 0.25) is 10.0 Å². The van der Waals surface area contributed by atoms with Crippen molar-refractivity contribution in [2.45, 2.75) is 75.2 Å². The molecule has 256 valence electrons. The normalized spacial score (nSPS) is 32.2. The molecule has 2 bridgehead atoms. The van der Waals surface area contributed by atoms with E-state index in [0.29, 0.717) is 31.9 Å². The van der Waals surface area contributed by atoms with Crippen molar-refractivity contribution in [3.8, 4) is 5.75 Å². The first-order chi connectivity index (χ1) is 23.0. The van der Waals surface area contributed by atoms with Crippen LogP contribution in [-0.2, 0) is 33.1 Å². The summed E-state index contributed by atoms with van der Waals surface area (Å²) < 4.78 is 44.2. The van der Waals surface area contributed by atoms with E-state index in [1.54, 1.807) is 32.4 Å². The minimum absolute atomic E-state index is 0.166. The molecule has 0 radical (unpaired) electrons. The molecule has 1 saturated carbocycles. The highest BCUT2D eigenvalue weighted by Crippen LogP contribution is 2.49. The van der Waals surface area contributed by atoms with Gasteiger partial charge in [0.05, 0.1) is 30.3 Å². The largest absolute Gasteiger partial charge is 0.490 e. The Labute approximate surface area is 287 Å². The van der Waals surface area contributed by atoms with Gasteiger partial charge in [-0.2, -0.15) is 0 Å². The Kier molecular flexibility index (Phi) is 8.83. The van der Waals surface area contributed by atoms with Crippen LogP contribution in [-0.4, -0.2) is 67.0 Å². The van der Waals surface area contributed by atoms with E-state index in [2.05, 4.69) is 38.1 Å². The number of methoxy groups -OCH3 is 1. The molecule has 1 fully saturated rings. The van der Waals surface area contributed by atoms with Gasteiger partial charge in [0.1, 0.15) is 11.4 Å². The van der Waals surface area contributed by atoms with E-state index < -0.39 is 26.8 Å². The molecule has 1 amide bonds. The third-order valence-electron chi connectivity index (χ3n) is 11.5. The Balaban J connectivity index is 1.34. The number of fused-ring (bicyclic) bond motifs is 4. The molecule has 2 aliphatic heterocycles. The number of rotatable bonds is 3. The molecule has 0 saturated heterocycles. The second kappa shape index (κ2) is 12.8. The van der Waals surface area contributed by atoms with Crippen LogP contribution in [0.2, 0.25) is 5.02 Å². The molecule has 1 N–H and O–H groups in total. The van der Waals surface area contributed by atoms with Gasteiger partial charge in [-0.05, 0) is 105 Å². The van der Waals surface area contributed by atoms with Gasteiger partial charge in [-0.1, -0.05) is 42.0 Å². The first-order valence-electron chi connectivity index (χ1n) is 17.0. The van der Waals surface area contributed by atoms with Crippen LogP contribution < -0.4 is 14.4 Å². The van der Waals surface area contributed by atoms with Crippen LogP contribution in [0.25, 0.3) is 0 Å². The molecule has 3 aromatic rings. The van der Waals surface area contributed by atoms with Crippen LogP contribution in [0.5, 0.6) is 5.75 Å². The number of sulfonamides is 1. The molecule has 1 aromatic heterocycles. The minimum atomic E-state index is -3.96. The predicted molar refractivity (Wildman–Crippen MR) is 185 cm³/mol. The monoisotopic (exact) mass is 693 g/mol. The summed E-state index contributed by atoms with van der Waals surface area (Å²) in [5.74, 6) is 0.241. The number of carbonyl (C=O) groups is 1. The average molecular weight is 694 g/mol. The zero-order valence-electron chi connectivity index (χ0n) is 27.8. The molecule has 7 rings (SSSR count). The summed E-state index contributed by atoms with van der Waals surface area (Å²) in [5.41, 5.74) is 2.63. The first kappa shape index (κ1) is 33.1. The zero-order valence-corrected chi connectivity index (χ0v) is 29.3. The molecule has 12 heteroatoms. The average Bonchev–Trinajstić information content (AvgIpc) is 3.51. The number of hydrogen-bond acceptors (Lipinski definition) is 8. The molecule has 6 atom stereocenters. The number of hydrogen-bond donors (Lipinski definition) is 1. The number of halogens is 1. The van der Waals surface area contributed by atoms with Crippen molar-refractivity contribution >= 4 is 33.2 Å². The van der Waals surface area contributed by atoms with Gasteiger partial charge in [0.25, 0.3) is 5.91 Å². The quantitative estimate of drug-likeness (QED) is 0.355. The lowest BCUT2D eigenvalue weighted by Gasteiger charge is -2.50. The van der Waals surface area contributed by atoms with Crippen molar-refractivity contribution in [3.63, 3.8) is 0 Å². The van der Waals surface area contributed by atoms with E-state index in [4.69, 9.17) is 21.1 Å².